The van der Waals surface area contributed by atoms with Crippen molar-refractivity contribution in [2.45, 2.75) is 68.5 Å². The van der Waals surface area contributed by atoms with Crippen LogP contribution in [0.25, 0.3) is 22.3 Å². The molecule has 4 rings (SSSR count). The van der Waals surface area contributed by atoms with Gasteiger partial charge >= 0.3 is 0 Å². The van der Waals surface area contributed by atoms with E-state index in [0.717, 1.165) is 22.3 Å². The maximum atomic E-state index is 10.6. The van der Waals surface area contributed by atoms with Crippen LogP contribution in [0.4, 0.5) is 5.82 Å². The lowest BCUT2D eigenvalue weighted by atomic mass is 9.90. The normalized spacial score (nSPS) is 25.9. The Morgan fingerprint density at radius 2 is 1.37 bits per heavy atom. The highest BCUT2D eigenvalue weighted by Gasteiger charge is 2.43. The number of nitrogens with one attached hydrogen (secondary N) is 1. The Balaban J connectivity index is 1.42. The maximum absolute atomic E-state index is 10.6. The van der Waals surface area contributed by atoms with Gasteiger partial charge in [-0.15, -0.1) is 0 Å². The van der Waals surface area contributed by atoms with Gasteiger partial charge in [0.25, 0.3) is 0 Å². The summed E-state index contributed by atoms with van der Waals surface area (Å²) < 4.78 is 5.58. The fourth-order valence-electron chi connectivity index (χ4n) is 4.75. The molecule has 1 saturated heterocycles. The molecule has 1 aromatic heterocycles. The summed E-state index contributed by atoms with van der Waals surface area (Å²) in [6, 6.07) is 21.4. The number of aliphatic hydroxyl groups excluding tert-OH is 6. The van der Waals surface area contributed by atoms with Crippen LogP contribution in [0, 0.1) is 0 Å². The van der Waals surface area contributed by atoms with Crippen LogP contribution in [0.2, 0.25) is 0 Å². The summed E-state index contributed by atoms with van der Waals surface area (Å²) in [6.45, 7) is 0.966. The number of benzene rings is 2. The monoisotopic (exact) mass is 524 g/mol. The number of aliphatic hydroxyl groups is 6. The highest BCUT2D eigenvalue weighted by molar-refractivity contribution is 5.70. The van der Waals surface area contributed by atoms with Crippen LogP contribution in [0.1, 0.15) is 19.8 Å². The highest BCUT2D eigenvalue weighted by atomic mass is 16.5. The topological polar surface area (TPSA) is 156 Å². The van der Waals surface area contributed by atoms with Crippen molar-refractivity contribution in [3.8, 4) is 22.3 Å². The second-order valence-corrected chi connectivity index (χ2v) is 9.80. The molecule has 0 amide bonds. The first kappa shape index (κ1) is 28.1. The Bertz CT molecular complexity index is 1130. The first-order valence-electron chi connectivity index (χ1n) is 12.8. The van der Waals surface area contributed by atoms with Crippen LogP contribution >= 0.6 is 0 Å². The molecule has 1 fully saturated rings. The lowest BCUT2D eigenvalue weighted by molar-refractivity contribution is -0.230. The lowest BCUT2D eigenvalue weighted by Gasteiger charge is -2.40. The molecular formula is C29H36N2O7. The molecule has 0 saturated carbocycles. The minimum absolute atomic E-state index is 0.189. The van der Waals surface area contributed by atoms with Gasteiger partial charge in [-0.25, -0.2) is 4.98 Å². The van der Waals surface area contributed by atoms with Crippen molar-refractivity contribution in [3.63, 3.8) is 0 Å². The third-order valence-corrected chi connectivity index (χ3v) is 7.08. The van der Waals surface area contributed by atoms with Crippen LogP contribution in [0.5, 0.6) is 0 Å². The van der Waals surface area contributed by atoms with Crippen LogP contribution in [-0.4, -0.2) is 91.0 Å². The van der Waals surface area contributed by atoms with Gasteiger partial charge in [0, 0.05) is 11.8 Å². The number of rotatable bonds is 10. The van der Waals surface area contributed by atoms with Crippen LogP contribution in [0.15, 0.2) is 72.9 Å². The molecule has 38 heavy (non-hydrogen) atoms. The predicted octanol–water partition coefficient (Wildman–Crippen LogP) is 1.56. The first-order valence-corrected chi connectivity index (χ1v) is 12.8. The third kappa shape index (κ3) is 6.57. The van der Waals surface area contributed by atoms with Crippen molar-refractivity contribution in [1.29, 1.82) is 0 Å². The first-order chi connectivity index (χ1) is 18.3. The van der Waals surface area contributed by atoms with Gasteiger partial charge in [-0.05, 0) is 48.6 Å². The molecule has 1 aliphatic heterocycles. The van der Waals surface area contributed by atoms with Crippen molar-refractivity contribution < 1.29 is 35.4 Å². The molecule has 2 heterocycles. The van der Waals surface area contributed by atoms with Gasteiger partial charge in [0.15, 0.2) is 0 Å². The zero-order valence-electron chi connectivity index (χ0n) is 21.2. The fraction of sp³-hybridized carbons (Fsp3) is 0.414. The molecule has 7 N–H and O–H groups in total. The van der Waals surface area contributed by atoms with Gasteiger partial charge in [-0.3, -0.25) is 0 Å². The lowest BCUT2D eigenvalue weighted by Crippen LogP contribution is -2.58. The molecule has 8 atom stereocenters. The summed E-state index contributed by atoms with van der Waals surface area (Å²) in [6.07, 6.45) is -6.14. The van der Waals surface area contributed by atoms with Gasteiger partial charge in [0.05, 0.1) is 31.0 Å². The summed E-state index contributed by atoms with van der Waals surface area (Å²) in [5, 5.41) is 63.6. The molecule has 1 unspecified atom stereocenters. The highest BCUT2D eigenvalue weighted by Crippen LogP contribution is 2.27. The van der Waals surface area contributed by atoms with Crippen molar-refractivity contribution in [2.75, 3.05) is 11.9 Å². The summed E-state index contributed by atoms with van der Waals surface area (Å²) in [5.41, 5.74) is 4.19. The molecule has 9 nitrogen and oxygen atoms in total. The largest absolute Gasteiger partial charge is 0.394 e. The quantitative estimate of drug-likeness (QED) is 0.209. The minimum Gasteiger partial charge on any atom is -0.394 e. The molecule has 0 radical (unpaired) electrons. The van der Waals surface area contributed by atoms with Gasteiger partial charge in [-0.2, -0.15) is 0 Å². The van der Waals surface area contributed by atoms with E-state index in [-0.39, 0.29) is 12.8 Å². The second-order valence-electron chi connectivity index (χ2n) is 9.80. The van der Waals surface area contributed by atoms with Crippen LogP contribution < -0.4 is 5.32 Å². The average molecular weight is 525 g/mol. The molecular weight excluding hydrogens is 488 g/mol. The van der Waals surface area contributed by atoms with Crippen molar-refractivity contribution in [3.05, 3.63) is 72.9 Å². The minimum atomic E-state index is -1.46. The van der Waals surface area contributed by atoms with E-state index >= 15 is 0 Å². The summed E-state index contributed by atoms with van der Waals surface area (Å²) in [4.78, 5) is 4.48. The molecule has 1 aliphatic rings. The van der Waals surface area contributed by atoms with E-state index in [4.69, 9.17) is 4.74 Å². The number of anilines is 1. The Kier molecular flexibility index (Phi) is 9.45. The number of aromatic nitrogens is 1. The van der Waals surface area contributed by atoms with E-state index in [1.807, 2.05) is 36.4 Å². The Morgan fingerprint density at radius 3 is 1.95 bits per heavy atom. The molecule has 9 heteroatoms. The smallest absolute Gasteiger partial charge is 0.126 e. The third-order valence-electron chi connectivity index (χ3n) is 7.08. The van der Waals surface area contributed by atoms with E-state index in [1.54, 1.807) is 12.3 Å². The van der Waals surface area contributed by atoms with E-state index < -0.39 is 55.4 Å². The van der Waals surface area contributed by atoms with Gasteiger partial charge in [0.1, 0.15) is 30.2 Å². The zero-order valence-corrected chi connectivity index (χ0v) is 21.2. The zero-order chi connectivity index (χ0) is 27.2. The van der Waals surface area contributed by atoms with E-state index in [0.29, 0.717) is 5.82 Å². The number of hydrogen-bond acceptors (Lipinski definition) is 9. The van der Waals surface area contributed by atoms with Crippen molar-refractivity contribution >= 4 is 5.82 Å². The number of ether oxygens (including phenoxy) is 1. The van der Waals surface area contributed by atoms with Crippen molar-refractivity contribution in [1.82, 2.24) is 4.98 Å². The van der Waals surface area contributed by atoms with Gasteiger partial charge in [-0.1, -0.05) is 54.6 Å². The SMILES string of the molecule is C[C@@H](O)[C@@H](O)C(CC[C@H]1O[C@H](CO)[C@H](O)[C@H](O)[C@H]1O)Nc1ccc(-c2ccc(-c3ccccc3)cc2)cn1. The molecule has 3 aromatic rings. The number of pyridine rings is 1. The Hall–Kier alpha value is -2.89. The molecule has 2 aromatic carbocycles. The average Bonchev–Trinajstić information content (AvgIpc) is 2.95. The summed E-state index contributed by atoms with van der Waals surface area (Å²) >= 11 is 0. The second kappa shape index (κ2) is 12.8. The molecule has 0 aliphatic carbocycles. The standard InChI is InChI=1S/C29H36N2O7/c1-17(33)26(34)22(12-13-23-27(35)29(37)28(36)24(16-32)38-23)31-25-14-11-21(15-30-25)20-9-7-19(8-10-20)18-5-3-2-4-6-18/h2-11,14-15,17,22-24,26-29,32-37H,12-13,16H2,1H3,(H,30,31)/t17-,22?,23-,24-,26-,27+,28+,29-/m1/s1. The number of nitrogens with zero attached hydrogens (tertiary/aromatic N) is 1. The van der Waals surface area contributed by atoms with Crippen molar-refractivity contribution in [2.24, 2.45) is 0 Å². The predicted molar refractivity (Wildman–Crippen MR) is 143 cm³/mol. The Morgan fingerprint density at radius 1 is 0.789 bits per heavy atom. The van der Waals surface area contributed by atoms with E-state index in [9.17, 15) is 30.6 Å². The van der Waals surface area contributed by atoms with E-state index in [2.05, 4.69) is 34.6 Å². The van der Waals surface area contributed by atoms with Crippen LogP contribution in [-0.2, 0) is 4.74 Å². The molecule has 0 bridgehead atoms. The van der Waals surface area contributed by atoms with E-state index in [1.165, 1.54) is 6.92 Å². The summed E-state index contributed by atoms with van der Waals surface area (Å²) in [5.74, 6) is 0.494. The van der Waals surface area contributed by atoms with Crippen LogP contribution in [0.3, 0.4) is 0 Å². The number of hydrogen-bond donors (Lipinski definition) is 7. The van der Waals surface area contributed by atoms with Gasteiger partial charge in [0.2, 0.25) is 0 Å². The fourth-order valence-corrected chi connectivity index (χ4v) is 4.75. The molecule has 204 valence electrons. The molecule has 0 spiro atoms. The maximum Gasteiger partial charge on any atom is 0.126 e. The summed E-state index contributed by atoms with van der Waals surface area (Å²) in [7, 11) is 0. The Labute approximate surface area is 222 Å². The van der Waals surface area contributed by atoms with Gasteiger partial charge < -0.3 is 40.7 Å².